The number of amides is 1. The second-order valence-corrected chi connectivity index (χ2v) is 11.9. The Morgan fingerprint density at radius 3 is 2.45 bits per heavy atom. The highest BCUT2D eigenvalue weighted by Gasteiger charge is 2.40. The van der Waals surface area contributed by atoms with Crippen LogP contribution in [0.3, 0.4) is 0 Å². The van der Waals surface area contributed by atoms with E-state index in [2.05, 4.69) is 11.6 Å². The molecule has 3 aromatic rings. The number of methoxy groups -OCH3 is 1. The molecule has 1 amide bonds. The smallest absolute Gasteiger partial charge is 0.382 e. The molecule has 0 aliphatic carbocycles. The average molecular weight is 639 g/mol. The van der Waals surface area contributed by atoms with E-state index in [4.69, 9.17) is 9.47 Å². The molecule has 0 saturated carbocycles. The second kappa shape index (κ2) is 12.5. The van der Waals surface area contributed by atoms with Gasteiger partial charge in [-0.1, -0.05) is 6.58 Å². The zero-order valence-corrected chi connectivity index (χ0v) is 25.1. The molecule has 8 nitrogen and oxygen atoms in total. The van der Waals surface area contributed by atoms with Crippen LogP contribution < -0.4 is 10.6 Å². The molecule has 2 aliphatic rings. The molecule has 2 aliphatic heterocycles. The molecule has 1 fully saturated rings. The Morgan fingerprint density at radius 1 is 1.14 bits per heavy atom. The number of alkyl halides is 3. The molecule has 14 heteroatoms. The van der Waals surface area contributed by atoms with Gasteiger partial charge in [-0.25, -0.2) is 13.6 Å². The molecular formula is C30H31F5N4O4S. The Labute approximate surface area is 254 Å². The van der Waals surface area contributed by atoms with Crippen LogP contribution in [0.15, 0.2) is 46.6 Å². The van der Waals surface area contributed by atoms with Crippen LogP contribution in [0.4, 0.5) is 27.8 Å². The molecule has 5 rings (SSSR count). The molecule has 0 N–H and O–H groups in total. The lowest BCUT2D eigenvalue weighted by molar-refractivity contribution is -0.137. The van der Waals surface area contributed by atoms with Crippen molar-refractivity contribution >= 4 is 34.4 Å². The Balaban J connectivity index is 1.79. The number of ether oxygens (including phenoxy) is 2. The maximum absolute atomic E-state index is 15.2. The Morgan fingerprint density at radius 2 is 1.84 bits per heavy atom. The summed E-state index contributed by atoms with van der Waals surface area (Å²) in [7, 11) is 1.49. The van der Waals surface area contributed by atoms with E-state index in [0.717, 1.165) is 30.0 Å². The standard InChI is InChI=1S/C30H31F5N4O4S/c1-5-24(40)39-16(2)12-37(13-17(39)3)28-21-11-22(30(33,34)35)25(20-7-6-18(31)10-23(20)32)27-26(21)38(29(41)36-28)14-19(15-44-27)43-9-8-42-4/h5-7,10-11,16-17,19H,1,8-9,12-15H2,2-4H3/t16-,17+,19?. The fourth-order valence-electron chi connectivity index (χ4n) is 5.99. The van der Waals surface area contributed by atoms with Crippen LogP contribution in [0.1, 0.15) is 19.4 Å². The fourth-order valence-corrected chi connectivity index (χ4v) is 7.27. The zero-order chi connectivity index (χ0) is 31.9. The SMILES string of the molecule is C=CC(=O)N1[C@H](C)CN(c2nc(=O)n3c4c(c(-c5ccc(F)cc5F)c(C(F)(F)F)cc24)SCC(OCCOC)C3)C[C@@H]1C. The minimum atomic E-state index is -4.95. The van der Waals surface area contributed by atoms with E-state index in [-0.39, 0.29) is 78.2 Å². The number of carbonyl (C=O) groups is 1. The fraction of sp³-hybridized carbons (Fsp3) is 0.433. The molecule has 1 unspecified atom stereocenters. The Bertz CT molecular complexity index is 1650. The summed E-state index contributed by atoms with van der Waals surface area (Å²) in [5.41, 5.74) is -2.64. The molecule has 0 bridgehead atoms. The highest BCUT2D eigenvalue weighted by molar-refractivity contribution is 7.99. The summed E-state index contributed by atoms with van der Waals surface area (Å²) >= 11 is 1.01. The van der Waals surface area contributed by atoms with Gasteiger partial charge in [0.25, 0.3) is 0 Å². The van der Waals surface area contributed by atoms with Crippen LogP contribution in [0.25, 0.3) is 22.0 Å². The number of thioether (sulfide) groups is 1. The number of nitrogens with zero attached hydrogens (tertiary/aromatic N) is 4. The normalized spacial score (nSPS) is 20.6. The van der Waals surface area contributed by atoms with Crippen LogP contribution in [0.2, 0.25) is 0 Å². The molecule has 1 saturated heterocycles. The Kier molecular flexibility index (Phi) is 9.06. The van der Waals surface area contributed by atoms with Gasteiger partial charge in [0.2, 0.25) is 5.91 Å². The first-order valence-electron chi connectivity index (χ1n) is 13.9. The van der Waals surface area contributed by atoms with Crippen molar-refractivity contribution in [2.24, 2.45) is 0 Å². The number of benzene rings is 2. The number of piperazine rings is 1. The maximum Gasteiger partial charge on any atom is 0.417 e. The van der Waals surface area contributed by atoms with Gasteiger partial charge in [-0.3, -0.25) is 9.36 Å². The van der Waals surface area contributed by atoms with Crippen molar-refractivity contribution in [2.75, 3.05) is 44.1 Å². The molecule has 3 heterocycles. The van der Waals surface area contributed by atoms with Crippen LogP contribution in [0.5, 0.6) is 0 Å². The number of aromatic nitrogens is 2. The summed E-state index contributed by atoms with van der Waals surface area (Å²) in [5, 5.41) is 0.0473. The second-order valence-electron chi connectivity index (χ2n) is 10.8. The molecule has 44 heavy (non-hydrogen) atoms. The summed E-state index contributed by atoms with van der Waals surface area (Å²) in [5.74, 6) is -2.22. The number of halogens is 5. The van der Waals surface area contributed by atoms with Gasteiger partial charge in [0, 0.05) is 65.5 Å². The summed E-state index contributed by atoms with van der Waals surface area (Å²) < 4.78 is 85.8. The van der Waals surface area contributed by atoms with Gasteiger partial charge in [0.15, 0.2) is 0 Å². The molecule has 2 aromatic carbocycles. The van der Waals surface area contributed by atoms with Gasteiger partial charge >= 0.3 is 11.9 Å². The third kappa shape index (κ3) is 5.94. The number of rotatable bonds is 7. The van der Waals surface area contributed by atoms with Crippen molar-refractivity contribution in [1.82, 2.24) is 14.5 Å². The predicted octanol–water partition coefficient (Wildman–Crippen LogP) is 5.11. The Hall–Kier alpha value is -3.49. The number of carbonyl (C=O) groups excluding carboxylic acids is 1. The average Bonchev–Trinajstić information content (AvgIpc) is 3.15. The first-order valence-corrected chi connectivity index (χ1v) is 14.9. The molecule has 1 aromatic heterocycles. The van der Waals surface area contributed by atoms with E-state index >= 15 is 4.39 Å². The highest BCUT2D eigenvalue weighted by atomic mass is 32.2. The van der Waals surface area contributed by atoms with E-state index in [1.165, 1.54) is 17.8 Å². The molecular weight excluding hydrogens is 607 g/mol. The number of hydrogen-bond acceptors (Lipinski definition) is 7. The summed E-state index contributed by atoms with van der Waals surface area (Å²) in [6, 6.07) is 2.54. The molecule has 3 atom stereocenters. The van der Waals surface area contributed by atoms with Crippen LogP contribution in [0, 0.1) is 11.6 Å². The van der Waals surface area contributed by atoms with E-state index in [9.17, 15) is 27.2 Å². The van der Waals surface area contributed by atoms with Crippen molar-refractivity contribution in [2.45, 2.75) is 49.7 Å². The predicted molar refractivity (Wildman–Crippen MR) is 157 cm³/mol. The van der Waals surface area contributed by atoms with Gasteiger partial charge in [-0.05, 0) is 38.1 Å². The van der Waals surface area contributed by atoms with Crippen LogP contribution >= 0.6 is 11.8 Å². The van der Waals surface area contributed by atoms with Crippen LogP contribution in [-0.4, -0.2) is 77.7 Å². The minimum absolute atomic E-state index is 0.0143. The summed E-state index contributed by atoms with van der Waals surface area (Å²) in [6.45, 7) is 7.94. The molecule has 0 spiro atoms. The largest absolute Gasteiger partial charge is 0.417 e. The lowest BCUT2D eigenvalue weighted by atomic mass is 9.95. The number of hydrogen-bond donors (Lipinski definition) is 0. The first kappa shape index (κ1) is 31.9. The van der Waals surface area contributed by atoms with E-state index in [1.54, 1.807) is 23.6 Å². The minimum Gasteiger partial charge on any atom is -0.382 e. The molecule has 0 radical (unpaired) electrons. The lowest BCUT2D eigenvalue weighted by Crippen LogP contribution is -2.58. The van der Waals surface area contributed by atoms with Crippen molar-refractivity contribution in [3.63, 3.8) is 0 Å². The van der Waals surface area contributed by atoms with Gasteiger partial charge in [-0.2, -0.15) is 18.2 Å². The third-order valence-electron chi connectivity index (χ3n) is 7.79. The maximum atomic E-state index is 15.2. The van der Waals surface area contributed by atoms with E-state index in [1.807, 2.05) is 0 Å². The van der Waals surface area contributed by atoms with Crippen molar-refractivity contribution in [1.29, 1.82) is 0 Å². The third-order valence-corrected chi connectivity index (χ3v) is 9.02. The van der Waals surface area contributed by atoms with Crippen LogP contribution in [-0.2, 0) is 27.0 Å². The molecule has 236 valence electrons. The van der Waals surface area contributed by atoms with Crippen molar-refractivity contribution < 1.29 is 36.2 Å². The van der Waals surface area contributed by atoms with E-state index in [0.29, 0.717) is 6.07 Å². The topological polar surface area (TPSA) is 76.9 Å². The van der Waals surface area contributed by atoms with Crippen molar-refractivity contribution in [3.05, 3.63) is 64.6 Å². The van der Waals surface area contributed by atoms with Gasteiger partial charge in [-0.15, -0.1) is 11.8 Å². The lowest BCUT2D eigenvalue weighted by Gasteiger charge is -2.44. The summed E-state index contributed by atoms with van der Waals surface area (Å²) in [6.07, 6.45) is -4.35. The van der Waals surface area contributed by atoms with Gasteiger partial charge < -0.3 is 19.3 Å². The monoisotopic (exact) mass is 638 g/mol. The van der Waals surface area contributed by atoms with Gasteiger partial charge in [0.1, 0.15) is 17.5 Å². The van der Waals surface area contributed by atoms with Gasteiger partial charge in [0.05, 0.1) is 36.9 Å². The number of anilines is 1. The first-order chi connectivity index (χ1) is 20.8. The zero-order valence-electron chi connectivity index (χ0n) is 24.3. The van der Waals surface area contributed by atoms with Crippen molar-refractivity contribution in [3.8, 4) is 11.1 Å². The van der Waals surface area contributed by atoms with E-state index < -0.39 is 46.3 Å². The quantitative estimate of drug-likeness (QED) is 0.202. The highest BCUT2D eigenvalue weighted by Crippen LogP contribution is 2.49. The summed E-state index contributed by atoms with van der Waals surface area (Å²) in [4.78, 5) is 33.8.